The summed E-state index contributed by atoms with van der Waals surface area (Å²) in [6, 6.07) is 80.2. The van der Waals surface area contributed by atoms with Gasteiger partial charge < -0.3 is 8.83 Å². The van der Waals surface area contributed by atoms with E-state index in [1.165, 1.54) is 88.1 Å². The Morgan fingerprint density at radius 2 is 0.662 bits per heavy atom. The Bertz CT molecular complexity index is 4180. The van der Waals surface area contributed by atoms with E-state index in [4.69, 9.17) is 8.83 Å². The summed E-state index contributed by atoms with van der Waals surface area (Å²) in [5.41, 5.74) is 20.4. The van der Waals surface area contributed by atoms with Crippen LogP contribution in [-0.4, -0.2) is 0 Å². The molecule has 0 radical (unpaired) electrons. The Balaban J connectivity index is 0.998. The first-order chi connectivity index (χ1) is 33.5. The molecule has 0 amide bonds. The molecule has 0 unspecified atom stereocenters. The minimum Gasteiger partial charge on any atom is -0.455 e. The molecule has 0 aliphatic heterocycles. The van der Waals surface area contributed by atoms with Crippen LogP contribution in [0.3, 0.4) is 0 Å². The summed E-state index contributed by atoms with van der Waals surface area (Å²) in [6.07, 6.45) is 0. The Hall–Kier alpha value is -8.46. The van der Waals surface area contributed by atoms with Crippen LogP contribution in [0.25, 0.3) is 110 Å². The zero-order valence-corrected chi connectivity index (χ0v) is 37.6. The smallest absolute Gasteiger partial charge is 0.143 e. The molecule has 15 rings (SSSR count). The van der Waals surface area contributed by atoms with Crippen molar-refractivity contribution in [1.29, 1.82) is 0 Å². The molecule has 2 heterocycles. The molecule has 68 heavy (non-hydrogen) atoms. The molecule has 0 N–H and O–H groups in total. The van der Waals surface area contributed by atoms with E-state index in [2.05, 4.69) is 232 Å². The lowest BCUT2D eigenvalue weighted by atomic mass is 9.67. The quantitative estimate of drug-likeness (QED) is 0.165. The van der Waals surface area contributed by atoms with Crippen LogP contribution < -0.4 is 0 Å². The fraction of sp³-hybridized carbons (Fsp3) is 0.0606. The molecule has 2 aromatic heterocycles. The minimum atomic E-state index is -0.504. The highest BCUT2D eigenvalue weighted by Gasteiger charge is 2.47. The summed E-state index contributed by atoms with van der Waals surface area (Å²) in [6.45, 7) is 4.69. The third kappa shape index (κ3) is 4.71. The highest BCUT2D eigenvalue weighted by Crippen LogP contribution is 2.60. The van der Waals surface area contributed by atoms with Crippen molar-refractivity contribution in [2.24, 2.45) is 0 Å². The largest absolute Gasteiger partial charge is 0.455 e. The lowest BCUT2D eigenvalue weighted by Crippen LogP contribution is -2.28. The summed E-state index contributed by atoms with van der Waals surface area (Å²) in [4.78, 5) is 0. The summed E-state index contributed by atoms with van der Waals surface area (Å²) < 4.78 is 14.3. The van der Waals surface area contributed by atoms with Crippen molar-refractivity contribution < 1.29 is 8.83 Å². The van der Waals surface area contributed by atoms with E-state index >= 15 is 0 Å². The summed E-state index contributed by atoms with van der Waals surface area (Å²) in [7, 11) is 0. The van der Waals surface area contributed by atoms with Crippen molar-refractivity contribution >= 4 is 65.4 Å². The molecule has 13 aromatic rings. The van der Waals surface area contributed by atoms with Gasteiger partial charge in [0.05, 0.1) is 5.41 Å². The molecular weight excluding hydrogens is 825 g/mol. The fourth-order valence-electron chi connectivity index (χ4n) is 13.0. The first kappa shape index (κ1) is 37.7. The van der Waals surface area contributed by atoms with E-state index < -0.39 is 5.41 Å². The Morgan fingerprint density at radius 1 is 0.279 bits per heavy atom. The lowest BCUT2D eigenvalue weighted by molar-refractivity contribution is 0.657. The van der Waals surface area contributed by atoms with Gasteiger partial charge in [0.2, 0.25) is 0 Å². The number of fused-ring (bicyclic) bond motifs is 16. The van der Waals surface area contributed by atoms with Gasteiger partial charge in [0.15, 0.2) is 0 Å². The first-order valence-electron chi connectivity index (χ1n) is 23.8. The van der Waals surface area contributed by atoms with Gasteiger partial charge in [0.1, 0.15) is 22.3 Å². The summed E-state index contributed by atoms with van der Waals surface area (Å²) >= 11 is 0. The fourth-order valence-corrected chi connectivity index (χ4v) is 13.0. The zero-order valence-electron chi connectivity index (χ0n) is 37.6. The molecule has 2 heteroatoms. The van der Waals surface area contributed by atoms with Crippen LogP contribution in [-0.2, 0) is 10.8 Å². The SMILES string of the molecule is CC1(C)c2ccccc2-c2c1ccc1oc3c(-c4c5ccccc5c(-c5cccc6c5oc5ccc7c(c56)-c5ccccc5C7(c5ccccc5)c5ccccc5)c5ccccc45)cccc3c21. The van der Waals surface area contributed by atoms with E-state index in [1.807, 2.05) is 0 Å². The maximum atomic E-state index is 7.22. The van der Waals surface area contributed by atoms with Crippen LogP contribution in [0.5, 0.6) is 0 Å². The van der Waals surface area contributed by atoms with Gasteiger partial charge >= 0.3 is 0 Å². The van der Waals surface area contributed by atoms with E-state index in [0.717, 1.165) is 55.2 Å². The van der Waals surface area contributed by atoms with Crippen molar-refractivity contribution in [2.75, 3.05) is 0 Å². The van der Waals surface area contributed by atoms with Crippen LogP contribution in [0.15, 0.2) is 227 Å². The third-order valence-electron chi connectivity index (χ3n) is 15.8. The molecule has 318 valence electrons. The van der Waals surface area contributed by atoms with Gasteiger partial charge in [0, 0.05) is 49.2 Å². The van der Waals surface area contributed by atoms with E-state index in [0.29, 0.717) is 0 Å². The van der Waals surface area contributed by atoms with Gasteiger partial charge in [-0.3, -0.25) is 0 Å². The molecule has 2 aliphatic rings. The normalized spacial score (nSPS) is 14.3. The van der Waals surface area contributed by atoms with Gasteiger partial charge in [-0.2, -0.15) is 0 Å². The van der Waals surface area contributed by atoms with Crippen molar-refractivity contribution in [2.45, 2.75) is 24.7 Å². The molecule has 0 spiro atoms. The maximum absolute atomic E-state index is 7.22. The van der Waals surface area contributed by atoms with Crippen molar-refractivity contribution in [1.82, 2.24) is 0 Å². The zero-order chi connectivity index (χ0) is 44.9. The van der Waals surface area contributed by atoms with E-state index in [1.54, 1.807) is 0 Å². The minimum absolute atomic E-state index is 0.105. The second-order valence-corrected chi connectivity index (χ2v) is 19.3. The van der Waals surface area contributed by atoms with Crippen molar-refractivity contribution in [3.8, 4) is 44.5 Å². The molecular formula is C66H42O2. The molecule has 0 fully saturated rings. The number of hydrogen-bond acceptors (Lipinski definition) is 2. The van der Waals surface area contributed by atoms with Crippen molar-refractivity contribution in [3.63, 3.8) is 0 Å². The van der Waals surface area contributed by atoms with Gasteiger partial charge in [-0.05, 0) is 89.3 Å². The summed E-state index contributed by atoms with van der Waals surface area (Å²) in [5, 5.41) is 9.28. The lowest BCUT2D eigenvalue weighted by Gasteiger charge is -2.33. The van der Waals surface area contributed by atoms with Gasteiger partial charge in [0.25, 0.3) is 0 Å². The maximum Gasteiger partial charge on any atom is 0.143 e. The first-order valence-corrected chi connectivity index (χ1v) is 23.8. The van der Waals surface area contributed by atoms with Crippen LogP contribution in [0.2, 0.25) is 0 Å². The standard InChI is InChI=1S/C66H42O2/c1-65(2)51-33-15-13-27-45(51)59-53(65)35-37-55-61(59)49-31-17-29-47(63(49)67-55)57-41-23-9-11-25-43(41)58(44-26-12-10-24-42(44)57)48-30-18-32-50-62-56(68-64(48)50)38-36-54-60(62)46-28-14-16-34-52(46)66(54,39-19-5-3-6-20-39)40-21-7-4-8-22-40/h3-38H,1-2H3. The Morgan fingerprint density at radius 3 is 1.18 bits per heavy atom. The van der Waals surface area contributed by atoms with Gasteiger partial charge in [-0.1, -0.05) is 220 Å². The second kappa shape index (κ2) is 13.6. The van der Waals surface area contributed by atoms with Crippen LogP contribution in [0.4, 0.5) is 0 Å². The molecule has 2 aliphatic carbocycles. The van der Waals surface area contributed by atoms with Gasteiger partial charge in [-0.15, -0.1) is 0 Å². The average Bonchev–Trinajstić information content (AvgIpc) is 4.12. The van der Waals surface area contributed by atoms with Crippen molar-refractivity contribution in [3.05, 3.63) is 252 Å². The number of para-hydroxylation sites is 2. The number of benzene rings is 11. The monoisotopic (exact) mass is 866 g/mol. The molecule has 2 nitrogen and oxygen atoms in total. The Kier molecular flexibility index (Phi) is 7.53. The number of furan rings is 2. The average molecular weight is 867 g/mol. The van der Waals surface area contributed by atoms with E-state index in [9.17, 15) is 0 Å². The molecule has 0 saturated heterocycles. The predicted molar refractivity (Wildman–Crippen MR) is 282 cm³/mol. The highest BCUT2D eigenvalue weighted by molar-refractivity contribution is 6.28. The third-order valence-corrected chi connectivity index (χ3v) is 15.8. The topological polar surface area (TPSA) is 26.3 Å². The molecule has 11 aromatic carbocycles. The van der Waals surface area contributed by atoms with Gasteiger partial charge in [-0.25, -0.2) is 0 Å². The van der Waals surface area contributed by atoms with Crippen LogP contribution >= 0.6 is 0 Å². The number of hydrogen-bond donors (Lipinski definition) is 0. The summed E-state index contributed by atoms with van der Waals surface area (Å²) in [5.74, 6) is 0. The number of rotatable bonds is 4. The molecule has 0 atom stereocenters. The second-order valence-electron chi connectivity index (χ2n) is 19.3. The highest BCUT2D eigenvalue weighted by atomic mass is 16.3. The van der Waals surface area contributed by atoms with Crippen LogP contribution in [0.1, 0.15) is 47.2 Å². The molecule has 0 bridgehead atoms. The predicted octanol–water partition coefficient (Wildman–Crippen LogP) is 17.8. The van der Waals surface area contributed by atoms with E-state index in [-0.39, 0.29) is 5.41 Å². The Labute approximate surface area is 393 Å². The van der Waals surface area contributed by atoms with Crippen LogP contribution in [0, 0.1) is 0 Å². The molecule has 0 saturated carbocycles.